The second-order valence-corrected chi connectivity index (χ2v) is 9.89. The van der Waals surface area contributed by atoms with Gasteiger partial charge in [0.1, 0.15) is 0 Å². The van der Waals surface area contributed by atoms with E-state index in [9.17, 15) is 14.7 Å². The number of Topliss-reactive ketones (excluding diaryl/α,β-unsaturated/α-hetero) is 1. The first-order chi connectivity index (χ1) is 14.4. The molecular weight excluding hydrogens is 396 g/mol. The summed E-state index contributed by atoms with van der Waals surface area (Å²) in [6.07, 6.45) is 2.36. The highest BCUT2D eigenvalue weighted by Gasteiger charge is 2.47. The minimum Gasteiger partial charge on any atom is -0.504 e. The zero-order valence-electron chi connectivity index (χ0n) is 17.7. The summed E-state index contributed by atoms with van der Waals surface area (Å²) in [6, 6.07) is 12.2. The molecule has 0 saturated heterocycles. The molecule has 3 unspecified atom stereocenters. The summed E-state index contributed by atoms with van der Waals surface area (Å²) < 4.78 is 5.72. The number of hydrogen-bond donors (Lipinski definition) is 1. The van der Waals surface area contributed by atoms with Crippen LogP contribution in [0.1, 0.15) is 53.0 Å². The molecule has 0 spiro atoms. The normalized spacial score (nSPS) is 21.5. The van der Waals surface area contributed by atoms with E-state index in [4.69, 9.17) is 4.74 Å². The molecule has 1 aromatic carbocycles. The Hall–Kier alpha value is -2.40. The van der Waals surface area contributed by atoms with Crippen molar-refractivity contribution in [2.24, 2.45) is 11.8 Å². The summed E-state index contributed by atoms with van der Waals surface area (Å²) in [5.41, 5.74) is 2.42. The van der Waals surface area contributed by atoms with E-state index < -0.39 is 17.9 Å². The molecule has 3 atom stereocenters. The third kappa shape index (κ3) is 4.08. The number of benzene rings is 1. The first-order valence-electron chi connectivity index (χ1n) is 10.7. The van der Waals surface area contributed by atoms with Gasteiger partial charge >= 0.3 is 5.97 Å². The van der Waals surface area contributed by atoms with Crippen LogP contribution < -0.4 is 0 Å². The molecule has 1 fully saturated rings. The number of aryl methyl sites for hydroxylation is 2. The minimum absolute atomic E-state index is 0.158. The fraction of sp³-hybridized carbons (Fsp3) is 0.440. The molecule has 1 saturated carbocycles. The molecule has 158 valence electrons. The highest BCUT2D eigenvalue weighted by atomic mass is 32.1. The van der Waals surface area contributed by atoms with Gasteiger partial charge in [-0.05, 0) is 63.1 Å². The number of aliphatic hydroxyl groups is 1. The number of esters is 1. The lowest BCUT2D eigenvalue weighted by Crippen LogP contribution is -2.42. The van der Waals surface area contributed by atoms with Gasteiger partial charge in [-0.15, -0.1) is 11.3 Å². The largest absolute Gasteiger partial charge is 0.504 e. The van der Waals surface area contributed by atoms with E-state index in [0.717, 1.165) is 28.2 Å². The quantitative estimate of drug-likeness (QED) is 0.602. The van der Waals surface area contributed by atoms with E-state index in [-0.39, 0.29) is 29.1 Å². The third-order valence-corrected chi connectivity index (χ3v) is 7.33. The number of ketones is 1. The molecule has 2 heterocycles. The Morgan fingerprint density at radius 2 is 1.80 bits per heavy atom. The molecule has 0 amide bonds. The maximum Gasteiger partial charge on any atom is 0.339 e. The number of ether oxygens (including phenoxy) is 1. The Balaban J connectivity index is 1.62. The Kier molecular flexibility index (Phi) is 5.83. The molecule has 2 aromatic rings. The van der Waals surface area contributed by atoms with Crippen LogP contribution in [0.2, 0.25) is 0 Å². The smallest absolute Gasteiger partial charge is 0.339 e. The van der Waals surface area contributed by atoms with Crippen LogP contribution in [0.15, 0.2) is 47.7 Å². The van der Waals surface area contributed by atoms with Crippen molar-refractivity contribution in [1.82, 2.24) is 0 Å². The SMILES string of the molecule is CCC(Cc1ccc(C)cc1)C1OC(=O)C(C(c2ccc(C)s2)C2CC2)=C(O)C1=O. The first kappa shape index (κ1) is 20.9. The Morgan fingerprint density at radius 3 is 2.37 bits per heavy atom. The van der Waals surface area contributed by atoms with Crippen LogP contribution in [0, 0.1) is 25.7 Å². The van der Waals surface area contributed by atoms with Crippen molar-refractivity contribution >= 4 is 23.1 Å². The molecule has 30 heavy (non-hydrogen) atoms. The van der Waals surface area contributed by atoms with Gasteiger partial charge in [0.05, 0.1) is 5.57 Å². The maximum absolute atomic E-state index is 13.1. The summed E-state index contributed by atoms with van der Waals surface area (Å²) in [6.45, 7) is 6.03. The van der Waals surface area contributed by atoms with Gasteiger partial charge in [-0.2, -0.15) is 0 Å². The maximum atomic E-state index is 13.1. The fourth-order valence-electron chi connectivity index (χ4n) is 4.33. The van der Waals surface area contributed by atoms with Crippen LogP contribution in [0.25, 0.3) is 0 Å². The van der Waals surface area contributed by atoms with Gasteiger partial charge in [0, 0.05) is 21.6 Å². The van der Waals surface area contributed by atoms with Gasteiger partial charge in [-0.3, -0.25) is 4.79 Å². The summed E-state index contributed by atoms with van der Waals surface area (Å²) in [4.78, 5) is 28.3. The number of carbonyl (C=O) groups excluding carboxylic acids is 2. The van der Waals surface area contributed by atoms with E-state index in [2.05, 4.69) is 0 Å². The number of aliphatic hydroxyl groups excluding tert-OH is 1. The van der Waals surface area contributed by atoms with Crippen molar-refractivity contribution in [3.63, 3.8) is 0 Å². The molecule has 1 aliphatic heterocycles. The number of carbonyl (C=O) groups is 2. The van der Waals surface area contributed by atoms with E-state index in [1.807, 2.05) is 57.2 Å². The van der Waals surface area contributed by atoms with Crippen LogP contribution in [0.4, 0.5) is 0 Å². The van der Waals surface area contributed by atoms with E-state index in [0.29, 0.717) is 12.8 Å². The van der Waals surface area contributed by atoms with Crippen LogP contribution in [0.5, 0.6) is 0 Å². The standard InChI is InChI=1S/C25H28O4S/c1-4-17(13-16-8-5-14(2)6-9-16)24-23(27)22(26)21(25(28)29-24)20(18-10-11-18)19-12-7-15(3)30-19/h5-9,12,17-18,20,24,26H,4,10-11,13H2,1-3H3. The van der Waals surface area contributed by atoms with Crippen molar-refractivity contribution in [2.45, 2.75) is 58.5 Å². The van der Waals surface area contributed by atoms with E-state index >= 15 is 0 Å². The predicted molar refractivity (Wildman–Crippen MR) is 118 cm³/mol. The van der Waals surface area contributed by atoms with Crippen molar-refractivity contribution in [1.29, 1.82) is 0 Å². The average Bonchev–Trinajstić information content (AvgIpc) is 3.47. The highest BCUT2D eigenvalue weighted by molar-refractivity contribution is 7.12. The molecule has 1 aromatic heterocycles. The lowest BCUT2D eigenvalue weighted by atomic mass is 9.83. The van der Waals surface area contributed by atoms with Crippen molar-refractivity contribution in [3.05, 3.63) is 68.6 Å². The Labute approximate surface area is 181 Å². The van der Waals surface area contributed by atoms with Gasteiger partial charge in [-0.1, -0.05) is 36.8 Å². The first-order valence-corrected chi connectivity index (χ1v) is 11.5. The zero-order valence-corrected chi connectivity index (χ0v) is 18.5. The van der Waals surface area contributed by atoms with Crippen LogP contribution >= 0.6 is 11.3 Å². The number of rotatable bonds is 7. The lowest BCUT2D eigenvalue weighted by Gasteiger charge is -2.31. The Morgan fingerprint density at radius 1 is 1.10 bits per heavy atom. The summed E-state index contributed by atoms with van der Waals surface area (Å²) in [5.74, 6) is -1.52. The van der Waals surface area contributed by atoms with Gasteiger partial charge < -0.3 is 9.84 Å². The predicted octanol–water partition coefficient (Wildman–Crippen LogP) is 5.43. The van der Waals surface area contributed by atoms with Crippen molar-refractivity contribution in [2.75, 3.05) is 0 Å². The topological polar surface area (TPSA) is 63.6 Å². The van der Waals surface area contributed by atoms with Gasteiger partial charge in [-0.25, -0.2) is 4.79 Å². The monoisotopic (exact) mass is 424 g/mol. The van der Waals surface area contributed by atoms with Gasteiger partial charge in [0.25, 0.3) is 0 Å². The molecule has 1 N–H and O–H groups in total. The van der Waals surface area contributed by atoms with E-state index in [1.54, 1.807) is 11.3 Å². The van der Waals surface area contributed by atoms with Gasteiger partial charge in [0.15, 0.2) is 11.9 Å². The minimum atomic E-state index is -0.933. The molecule has 4 rings (SSSR count). The summed E-state index contributed by atoms with van der Waals surface area (Å²) >= 11 is 1.61. The third-order valence-electron chi connectivity index (χ3n) is 6.24. The zero-order chi connectivity index (χ0) is 21.4. The highest BCUT2D eigenvalue weighted by Crippen LogP contribution is 2.50. The second kappa shape index (κ2) is 8.38. The van der Waals surface area contributed by atoms with Crippen LogP contribution in [-0.4, -0.2) is 23.0 Å². The van der Waals surface area contributed by atoms with Crippen LogP contribution in [-0.2, 0) is 20.7 Å². The lowest BCUT2D eigenvalue weighted by molar-refractivity contribution is -0.158. The summed E-state index contributed by atoms with van der Waals surface area (Å²) in [5, 5.41) is 10.9. The molecule has 2 aliphatic rings. The molecule has 4 nitrogen and oxygen atoms in total. The van der Waals surface area contributed by atoms with Crippen LogP contribution in [0.3, 0.4) is 0 Å². The van der Waals surface area contributed by atoms with E-state index in [1.165, 1.54) is 5.56 Å². The second-order valence-electron chi connectivity index (χ2n) is 8.57. The fourth-order valence-corrected chi connectivity index (χ4v) is 5.42. The van der Waals surface area contributed by atoms with Gasteiger partial charge in [0.2, 0.25) is 5.78 Å². The average molecular weight is 425 g/mol. The van der Waals surface area contributed by atoms with Crippen molar-refractivity contribution < 1.29 is 19.4 Å². The number of thiophene rings is 1. The number of cyclic esters (lactones) is 1. The molecule has 0 bridgehead atoms. The molecular formula is C25H28O4S. The number of hydrogen-bond acceptors (Lipinski definition) is 5. The molecule has 0 radical (unpaired) electrons. The molecule has 5 heteroatoms. The molecule has 1 aliphatic carbocycles. The Bertz CT molecular complexity index is 981. The summed E-state index contributed by atoms with van der Waals surface area (Å²) in [7, 11) is 0. The van der Waals surface area contributed by atoms with Crippen molar-refractivity contribution in [3.8, 4) is 0 Å².